The van der Waals surface area contributed by atoms with Crippen LogP contribution in [0.1, 0.15) is 25.8 Å². The Bertz CT molecular complexity index is 996. The first-order valence-corrected chi connectivity index (χ1v) is 11.8. The Morgan fingerprint density at radius 1 is 1.12 bits per heavy atom. The van der Waals surface area contributed by atoms with Crippen molar-refractivity contribution >= 4 is 40.3 Å². The van der Waals surface area contributed by atoms with Crippen molar-refractivity contribution in [2.24, 2.45) is 4.99 Å². The number of nitrogens with zero attached hydrogens (tertiary/aromatic N) is 3. The highest BCUT2D eigenvalue weighted by Crippen LogP contribution is 2.33. The summed E-state index contributed by atoms with van der Waals surface area (Å²) in [5, 5.41) is 0.678. The number of ether oxygens (including phenoxy) is 2. The number of benzene rings is 2. The van der Waals surface area contributed by atoms with Crippen molar-refractivity contribution in [2.75, 3.05) is 38.3 Å². The van der Waals surface area contributed by atoms with Gasteiger partial charge in [0.25, 0.3) is 5.91 Å². The Balaban J connectivity index is 1.45. The van der Waals surface area contributed by atoms with Crippen molar-refractivity contribution in [2.45, 2.75) is 26.4 Å². The molecule has 6 nitrogen and oxygen atoms in total. The van der Waals surface area contributed by atoms with Gasteiger partial charge in [0, 0.05) is 25.8 Å². The number of likely N-dealkylation sites (N-methyl/N-ethyl adjacent to an activating group) is 1. The number of amides is 1. The summed E-state index contributed by atoms with van der Waals surface area (Å²) in [5.41, 5.74) is 2.96. The number of morpholine rings is 1. The van der Waals surface area contributed by atoms with Gasteiger partial charge in [0.15, 0.2) is 5.17 Å². The standard InChI is InChI=1S/C25H29N3O3S/c1-4-18(2)31-22-11-5-19(6-12-22)17-23-24(29)27(3)25(32-23)26-20-7-9-21(10-8-20)28-13-15-30-16-14-28/h5-12,17-18H,4,13-16H2,1-3H3/b23-17-,26-25?/t18-/m1/s1. The number of aliphatic imine (C=N–C) groups is 1. The summed E-state index contributed by atoms with van der Waals surface area (Å²) < 4.78 is 11.2. The summed E-state index contributed by atoms with van der Waals surface area (Å²) in [5.74, 6) is 0.797. The lowest BCUT2D eigenvalue weighted by Crippen LogP contribution is -2.36. The fourth-order valence-corrected chi connectivity index (χ4v) is 4.42. The molecule has 4 rings (SSSR count). The maximum atomic E-state index is 12.7. The lowest BCUT2D eigenvalue weighted by molar-refractivity contribution is -0.121. The highest BCUT2D eigenvalue weighted by atomic mass is 32.2. The Kier molecular flexibility index (Phi) is 7.17. The van der Waals surface area contributed by atoms with Crippen LogP contribution < -0.4 is 9.64 Å². The summed E-state index contributed by atoms with van der Waals surface area (Å²) in [6.45, 7) is 7.48. The molecule has 1 amide bonds. The molecule has 2 fully saturated rings. The van der Waals surface area contributed by atoms with Gasteiger partial charge in [0.1, 0.15) is 5.75 Å². The molecule has 0 unspecified atom stereocenters. The molecule has 2 saturated heterocycles. The summed E-state index contributed by atoms with van der Waals surface area (Å²) in [7, 11) is 1.76. The quantitative estimate of drug-likeness (QED) is 0.583. The number of amidine groups is 1. The summed E-state index contributed by atoms with van der Waals surface area (Å²) in [6.07, 6.45) is 3.04. The van der Waals surface area contributed by atoms with E-state index < -0.39 is 0 Å². The minimum absolute atomic E-state index is 0.0429. The second-order valence-electron chi connectivity index (χ2n) is 7.89. The van der Waals surface area contributed by atoms with Gasteiger partial charge in [-0.15, -0.1) is 0 Å². The van der Waals surface area contributed by atoms with E-state index in [9.17, 15) is 4.79 Å². The van der Waals surface area contributed by atoms with Gasteiger partial charge in [-0.25, -0.2) is 4.99 Å². The van der Waals surface area contributed by atoms with Gasteiger partial charge < -0.3 is 14.4 Å². The molecule has 0 bridgehead atoms. The van der Waals surface area contributed by atoms with Gasteiger partial charge in [0.2, 0.25) is 0 Å². The molecule has 32 heavy (non-hydrogen) atoms. The average molecular weight is 452 g/mol. The van der Waals surface area contributed by atoms with Crippen LogP contribution in [-0.4, -0.2) is 55.4 Å². The Hall–Kier alpha value is -2.77. The van der Waals surface area contributed by atoms with Crippen LogP contribution in [0.15, 0.2) is 58.4 Å². The Labute approximate surface area is 193 Å². The van der Waals surface area contributed by atoms with Crippen LogP contribution in [0.25, 0.3) is 6.08 Å². The van der Waals surface area contributed by atoms with Crippen LogP contribution in [0.3, 0.4) is 0 Å². The molecule has 2 aliphatic rings. The van der Waals surface area contributed by atoms with Gasteiger partial charge >= 0.3 is 0 Å². The van der Waals surface area contributed by atoms with E-state index in [0.29, 0.717) is 10.1 Å². The van der Waals surface area contributed by atoms with E-state index in [0.717, 1.165) is 49.7 Å². The van der Waals surface area contributed by atoms with Gasteiger partial charge in [-0.05, 0) is 73.1 Å². The van der Waals surface area contributed by atoms with Crippen molar-refractivity contribution in [1.29, 1.82) is 0 Å². The fourth-order valence-electron chi connectivity index (χ4n) is 3.43. The molecule has 2 heterocycles. The zero-order valence-electron chi connectivity index (χ0n) is 18.8. The zero-order valence-corrected chi connectivity index (χ0v) is 19.6. The van der Waals surface area contributed by atoms with Crippen molar-refractivity contribution in [3.63, 3.8) is 0 Å². The maximum absolute atomic E-state index is 12.7. The van der Waals surface area contributed by atoms with E-state index >= 15 is 0 Å². The maximum Gasteiger partial charge on any atom is 0.266 e. The average Bonchev–Trinajstić information content (AvgIpc) is 3.09. The number of hydrogen-bond acceptors (Lipinski definition) is 6. The van der Waals surface area contributed by atoms with Crippen LogP contribution in [0.2, 0.25) is 0 Å². The van der Waals surface area contributed by atoms with Crippen LogP contribution in [0.4, 0.5) is 11.4 Å². The molecule has 168 valence electrons. The molecule has 2 aromatic carbocycles. The number of carbonyl (C=O) groups excluding carboxylic acids is 1. The molecule has 0 aromatic heterocycles. The highest BCUT2D eigenvalue weighted by molar-refractivity contribution is 8.18. The number of carbonyl (C=O) groups is 1. The van der Waals surface area contributed by atoms with Crippen LogP contribution in [-0.2, 0) is 9.53 Å². The second kappa shape index (κ2) is 10.2. The van der Waals surface area contributed by atoms with Gasteiger partial charge in [-0.3, -0.25) is 9.69 Å². The third kappa shape index (κ3) is 5.34. The molecule has 0 saturated carbocycles. The van der Waals surface area contributed by atoms with Gasteiger partial charge in [-0.1, -0.05) is 19.1 Å². The van der Waals surface area contributed by atoms with Crippen molar-refractivity contribution in [3.8, 4) is 5.75 Å². The summed E-state index contributed by atoms with van der Waals surface area (Å²) in [6, 6.07) is 16.0. The number of rotatable bonds is 6. The van der Waals surface area contributed by atoms with Crippen molar-refractivity contribution < 1.29 is 14.3 Å². The Morgan fingerprint density at radius 2 is 1.81 bits per heavy atom. The first-order chi connectivity index (χ1) is 15.5. The van der Waals surface area contributed by atoms with Crippen LogP contribution in [0.5, 0.6) is 5.75 Å². The van der Waals surface area contributed by atoms with E-state index in [1.807, 2.05) is 42.5 Å². The second-order valence-corrected chi connectivity index (χ2v) is 8.90. The highest BCUT2D eigenvalue weighted by Gasteiger charge is 2.30. The molecule has 1 atom stereocenters. The SMILES string of the molecule is CC[C@@H](C)Oc1ccc(/C=C2\SC(=Nc3ccc(N4CCOCC4)cc3)N(C)C2=O)cc1. The molecule has 2 aromatic rings. The topological polar surface area (TPSA) is 54.4 Å². The lowest BCUT2D eigenvalue weighted by Gasteiger charge is -2.28. The Morgan fingerprint density at radius 3 is 2.47 bits per heavy atom. The minimum Gasteiger partial charge on any atom is -0.491 e. The van der Waals surface area contributed by atoms with Crippen molar-refractivity contribution in [1.82, 2.24) is 4.90 Å². The first kappa shape index (κ1) is 22.4. The van der Waals surface area contributed by atoms with Crippen LogP contribution >= 0.6 is 11.8 Å². The third-order valence-electron chi connectivity index (χ3n) is 5.54. The molecule has 7 heteroatoms. The molecular weight excluding hydrogens is 422 g/mol. The van der Waals surface area contributed by atoms with E-state index in [2.05, 4.69) is 30.9 Å². The fraction of sp³-hybridized carbons (Fsp3) is 0.360. The summed E-state index contributed by atoms with van der Waals surface area (Å²) in [4.78, 5) is 22.0. The third-order valence-corrected chi connectivity index (χ3v) is 6.60. The monoisotopic (exact) mass is 451 g/mol. The van der Waals surface area contributed by atoms with Gasteiger partial charge in [0.05, 0.1) is 29.9 Å². The lowest BCUT2D eigenvalue weighted by atomic mass is 10.2. The molecular formula is C25H29N3O3S. The first-order valence-electron chi connectivity index (χ1n) is 11.0. The molecule has 2 aliphatic heterocycles. The molecule has 0 spiro atoms. The summed E-state index contributed by atoms with van der Waals surface area (Å²) >= 11 is 1.40. The number of thioether (sulfide) groups is 1. The minimum atomic E-state index is -0.0429. The predicted octanol–water partition coefficient (Wildman–Crippen LogP) is 4.93. The molecule has 0 radical (unpaired) electrons. The van der Waals surface area contributed by atoms with Gasteiger partial charge in [-0.2, -0.15) is 0 Å². The van der Waals surface area contributed by atoms with E-state index in [1.165, 1.54) is 17.4 Å². The normalized spacial score (nSPS) is 20.3. The number of hydrogen-bond donors (Lipinski definition) is 0. The zero-order chi connectivity index (χ0) is 22.5. The van der Waals surface area contributed by atoms with Crippen molar-refractivity contribution in [3.05, 3.63) is 59.0 Å². The number of anilines is 1. The van der Waals surface area contributed by atoms with E-state index in [1.54, 1.807) is 11.9 Å². The molecule has 0 aliphatic carbocycles. The predicted molar refractivity (Wildman–Crippen MR) is 132 cm³/mol. The van der Waals surface area contributed by atoms with Crippen LogP contribution in [0, 0.1) is 0 Å². The molecule has 0 N–H and O–H groups in total. The largest absolute Gasteiger partial charge is 0.491 e. The van der Waals surface area contributed by atoms with E-state index in [-0.39, 0.29) is 12.0 Å². The smallest absolute Gasteiger partial charge is 0.266 e. The van der Waals surface area contributed by atoms with E-state index in [4.69, 9.17) is 14.5 Å².